The number of anilines is 1. The van der Waals surface area contributed by atoms with Crippen LogP contribution in [-0.2, 0) is 0 Å². The van der Waals surface area contributed by atoms with Crippen molar-refractivity contribution in [1.82, 2.24) is 9.88 Å². The SMILES string of the molecule is CCOc1ccc2c(C#N)c(-c3ccc(NC(=O)N[C@@H](C)CC)cc3)n(C3CCC3)c2c1. The molecule has 1 saturated carbocycles. The van der Waals surface area contributed by atoms with Crippen LogP contribution >= 0.6 is 0 Å². The van der Waals surface area contributed by atoms with E-state index >= 15 is 0 Å². The lowest BCUT2D eigenvalue weighted by atomic mass is 9.92. The van der Waals surface area contributed by atoms with Gasteiger partial charge in [0.25, 0.3) is 0 Å². The third-order valence-corrected chi connectivity index (χ3v) is 6.24. The van der Waals surface area contributed by atoms with Gasteiger partial charge in [0.05, 0.1) is 23.4 Å². The van der Waals surface area contributed by atoms with Gasteiger partial charge in [-0.2, -0.15) is 5.26 Å². The van der Waals surface area contributed by atoms with E-state index in [0.29, 0.717) is 18.2 Å². The van der Waals surface area contributed by atoms with E-state index in [2.05, 4.69) is 27.3 Å². The quantitative estimate of drug-likeness (QED) is 0.467. The lowest BCUT2D eigenvalue weighted by Gasteiger charge is -2.30. The number of nitriles is 1. The van der Waals surface area contributed by atoms with Crippen LogP contribution in [0.2, 0.25) is 0 Å². The molecule has 1 aromatic heterocycles. The summed E-state index contributed by atoms with van der Waals surface area (Å²) in [6, 6.07) is 16.4. The Morgan fingerprint density at radius 2 is 1.97 bits per heavy atom. The highest BCUT2D eigenvalue weighted by Crippen LogP contribution is 2.43. The van der Waals surface area contributed by atoms with Crippen LogP contribution in [0.1, 0.15) is 58.1 Å². The zero-order valence-corrected chi connectivity index (χ0v) is 18.9. The molecule has 6 nitrogen and oxygen atoms in total. The van der Waals surface area contributed by atoms with E-state index in [1.54, 1.807) is 0 Å². The molecule has 0 bridgehead atoms. The average Bonchev–Trinajstić information content (AvgIpc) is 3.06. The lowest BCUT2D eigenvalue weighted by Crippen LogP contribution is -2.35. The molecule has 1 aliphatic rings. The summed E-state index contributed by atoms with van der Waals surface area (Å²) in [6.45, 7) is 6.58. The van der Waals surface area contributed by atoms with Crippen LogP contribution in [-0.4, -0.2) is 23.2 Å². The minimum absolute atomic E-state index is 0.118. The van der Waals surface area contributed by atoms with Gasteiger partial charge in [0, 0.05) is 29.2 Å². The minimum atomic E-state index is -0.211. The van der Waals surface area contributed by atoms with Crippen LogP contribution in [0.5, 0.6) is 5.75 Å². The second kappa shape index (κ2) is 9.35. The maximum Gasteiger partial charge on any atom is 0.319 e. The largest absolute Gasteiger partial charge is 0.494 e. The molecular weight excluding hydrogens is 400 g/mol. The summed E-state index contributed by atoms with van der Waals surface area (Å²) < 4.78 is 8.05. The van der Waals surface area contributed by atoms with E-state index in [0.717, 1.165) is 52.9 Å². The molecule has 2 N–H and O–H groups in total. The van der Waals surface area contributed by atoms with Crippen molar-refractivity contribution in [2.75, 3.05) is 11.9 Å². The molecule has 0 spiro atoms. The number of carbonyl (C=O) groups is 1. The summed E-state index contributed by atoms with van der Waals surface area (Å²) >= 11 is 0. The summed E-state index contributed by atoms with van der Waals surface area (Å²) in [6.07, 6.45) is 4.29. The average molecular weight is 431 g/mol. The van der Waals surface area contributed by atoms with E-state index < -0.39 is 0 Å². The van der Waals surface area contributed by atoms with Crippen molar-refractivity contribution in [3.8, 4) is 23.1 Å². The Bertz CT molecular complexity index is 1150. The summed E-state index contributed by atoms with van der Waals surface area (Å²) in [5.41, 5.74) is 4.36. The van der Waals surface area contributed by atoms with Crippen molar-refractivity contribution in [3.63, 3.8) is 0 Å². The van der Waals surface area contributed by atoms with Crippen LogP contribution in [0, 0.1) is 11.3 Å². The molecule has 0 aliphatic heterocycles. The lowest BCUT2D eigenvalue weighted by molar-refractivity contribution is 0.249. The van der Waals surface area contributed by atoms with Crippen LogP contribution in [0.3, 0.4) is 0 Å². The predicted octanol–water partition coefficient (Wildman–Crippen LogP) is 6.22. The normalized spacial score (nSPS) is 14.4. The molecular formula is C26H30N4O2. The molecule has 1 atom stereocenters. The monoisotopic (exact) mass is 430 g/mol. The van der Waals surface area contributed by atoms with E-state index in [4.69, 9.17) is 4.74 Å². The number of carbonyl (C=O) groups excluding carboxylic acids is 1. The summed E-state index contributed by atoms with van der Waals surface area (Å²) in [7, 11) is 0. The van der Waals surface area contributed by atoms with Crippen molar-refractivity contribution in [2.45, 2.75) is 58.5 Å². The Balaban J connectivity index is 1.73. The molecule has 0 radical (unpaired) electrons. The highest BCUT2D eigenvalue weighted by Gasteiger charge is 2.28. The molecule has 4 rings (SSSR count). The van der Waals surface area contributed by atoms with Crippen LogP contribution in [0.25, 0.3) is 22.2 Å². The number of nitrogens with one attached hydrogen (secondary N) is 2. The summed E-state index contributed by atoms with van der Waals surface area (Å²) in [4.78, 5) is 12.1. The van der Waals surface area contributed by atoms with Crippen molar-refractivity contribution in [2.24, 2.45) is 0 Å². The van der Waals surface area contributed by atoms with Gasteiger partial charge in [-0.15, -0.1) is 0 Å². The van der Waals surface area contributed by atoms with Gasteiger partial charge in [-0.1, -0.05) is 19.1 Å². The molecule has 0 saturated heterocycles. The molecule has 2 aromatic carbocycles. The highest BCUT2D eigenvalue weighted by molar-refractivity contribution is 5.96. The van der Waals surface area contributed by atoms with Crippen LogP contribution < -0.4 is 15.4 Å². The van der Waals surface area contributed by atoms with Crippen molar-refractivity contribution >= 4 is 22.6 Å². The smallest absolute Gasteiger partial charge is 0.319 e. The molecule has 1 aliphatic carbocycles. The van der Waals surface area contributed by atoms with Gasteiger partial charge in [0.2, 0.25) is 0 Å². The van der Waals surface area contributed by atoms with Crippen LogP contribution in [0.4, 0.5) is 10.5 Å². The fourth-order valence-electron chi connectivity index (χ4n) is 4.17. The molecule has 1 heterocycles. The molecule has 2 amide bonds. The highest BCUT2D eigenvalue weighted by atomic mass is 16.5. The maximum atomic E-state index is 12.1. The Morgan fingerprint density at radius 3 is 2.56 bits per heavy atom. The first-order valence-corrected chi connectivity index (χ1v) is 11.4. The molecule has 166 valence electrons. The second-order valence-electron chi connectivity index (χ2n) is 8.39. The Morgan fingerprint density at radius 1 is 1.22 bits per heavy atom. The number of benzene rings is 2. The van der Waals surface area contributed by atoms with Crippen molar-refractivity contribution < 1.29 is 9.53 Å². The predicted molar refractivity (Wildman–Crippen MR) is 128 cm³/mol. The van der Waals surface area contributed by atoms with E-state index in [1.165, 1.54) is 6.42 Å². The molecule has 0 unspecified atom stereocenters. The Labute approximate surface area is 189 Å². The number of hydrogen-bond acceptors (Lipinski definition) is 3. The minimum Gasteiger partial charge on any atom is -0.494 e. The number of urea groups is 1. The van der Waals surface area contributed by atoms with Gasteiger partial charge >= 0.3 is 6.03 Å². The summed E-state index contributed by atoms with van der Waals surface area (Å²) in [5, 5.41) is 16.8. The number of aromatic nitrogens is 1. The fourth-order valence-corrected chi connectivity index (χ4v) is 4.17. The standard InChI is InChI=1S/C26H30N4O2/c1-4-17(3)28-26(31)29-19-11-9-18(10-12-19)25-23(16-27)22-14-13-21(32-5-2)15-24(22)30(25)20-7-6-8-20/h9-15,17,20H,4-8H2,1-3H3,(H2,28,29,31)/t17-/m0/s1. The Hall–Kier alpha value is -3.46. The van der Waals surface area contributed by atoms with Gasteiger partial charge in [-0.3, -0.25) is 0 Å². The number of ether oxygens (including phenoxy) is 1. The first kappa shape index (κ1) is 21.8. The van der Waals surface area contributed by atoms with E-state index in [9.17, 15) is 10.1 Å². The van der Waals surface area contributed by atoms with E-state index in [-0.39, 0.29) is 12.1 Å². The van der Waals surface area contributed by atoms with Gasteiger partial charge < -0.3 is 19.9 Å². The fraction of sp³-hybridized carbons (Fsp3) is 0.385. The molecule has 6 heteroatoms. The maximum absolute atomic E-state index is 12.1. The van der Waals surface area contributed by atoms with Gasteiger partial charge in [-0.25, -0.2) is 4.79 Å². The topological polar surface area (TPSA) is 79.1 Å². The second-order valence-corrected chi connectivity index (χ2v) is 8.39. The van der Waals surface area contributed by atoms with E-state index in [1.807, 2.05) is 57.2 Å². The number of rotatable bonds is 7. The molecule has 32 heavy (non-hydrogen) atoms. The van der Waals surface area contributed by atoms with Crippen molar-refractivity contribution in [1.29, 1.82) is 5.26 Å². The first-order valence-electron chi connectivity index (χ1n) is 11.4. The number of nitrogens with zero attached hydrogens (tertiary/aromatic N) is 2. The first-order chi connectivity index (χ1) is 15.5. The Kier molecular flexibility index (Phi) is 6.36. The number of fused-ring (bicyclic) bond motifs is 1. The van der Waals surface area contributed by atoms with Gasteiger partial charge in [0.15, 0.2) is 0 Å². The van der Waals surface area contributed by atoms with Crippen molar-refractivity contribution in [3.05, 3.63) is 48.0 Å². The van der Waals surface area contributed by atoms with Gasteiger partial charge in [0.1, 0.15) is 11.8 Å². The third kappa shape index (κ3) is 4.16. The zero-order valence-electron chi connectivity index (χ0n) is 18.9. The third-order valence-electron chi connectivity index (χ3n) is 6.24. The zero-order chi connectivity index (χ0) is 22.7. The van der Waals surface area contributed by atoms with Gasteiger partial charge in [-0.05, 0) is 69.4 Å². The summed E-state index contributed by atoms with van der Waals surface area (Å²) in [5.74, 6) is 0.820. The number of amides is 2. The molecule has 1 fully saturated rings. The molecule has 3 aromatic rings. The van der Waals surface area contributed by atoms with Crippen LogP contribution in [0.15, 0.2) is 42.5 Å². The number of hydrogen-bond donors (Lipinski definition) is 2.